The van der Waals surface area contributed by atoms with Gasteiger partial charge in [0.15, 0.2) is 0 Å². The summed E-state index contributed by atoms with van der Waals surface area (Å²) >= 11 is 12.1. The van der Waals surface area contributed by atoms with E-state index >= 15 is 0 Å². The van der Waals surface area contributed by atoms with E-state index in [1.165, 1.54) is 6.92 Å². The highest BCUT2D eigenvalue weighted by molar-refractivity contribution is 7.92. The number of hydrogen-bond acceptors (Lipinski definition) is 5. The molecule has 7 nitrogen and oxygen atoms in total. The second-order valence-corrected chi connectivity index (χ2v) is 11.4. The number of sulfonamides is 1. The van der Waals surface area contributed by atoms with E-state index in [0.717, 1.165) is 37.1 Å². The summed E-state index contributed by atoms with van der Waals surface area (Å²) in [7, 11) is -1.93. The molecule has 1 aliphatic rings. The molecule has 1 amide bonds. The summed E-state index contributed by atoms with van der Waals surface area (Å²) < 4.78 is 27.1. The van der Waals surface area contributed by atoms with Gasteiger partial charge in [-0.25, -0.2) is 8.42 Å². The number of nitrogens with zero attached hydrogens (tertiary/aromatic N) is 2. The molecule has 0 aliphatic carbocycles. The first-order valence-electron chi connectivity index (χ1n) is 11.2. The van der Waals surface area contributed by atoms with Crippen LogP contribution in [0, 0.1) is 0 Å². The number of likely N-dealkylation sites (N-methyl/N-ethyl adjacent to an activating group) is 1. The van der Waals surface area contributed by atoms with Crippen LogP contribution in [0.4, 0.5) is 5.69 Å². The molecule has 0 saturated carbocycles. The van der Waals surface area contributed by atoms with Gasteiger partial charge >= 0.3 is 0 Å². The topological polar surface area (TPSA) is 89.9 Å². The van der Waals surface area contributed by atoms with E-state index in [-0.39, 0.29) is 18.4 Å². The van der Waals surface area contributed by atoms with Crippen LogP contribution in [0.25, 0.3) is 0 Å². The highest BCUT2D eigenvalue weighted by Crippen LogP contribution is 2.27. The van der Waals surface area contributed by atoms with Gasteiger partial charge in [-0.15, -0.1) is 0 Å². The molecule has 1 fully saturated rings. The second-order valence-electron chi connectivity index (χ2n) is 8.81. The first kappa shape index (κ1) is 26.8. The van der Waals surface area contributed by atoms with Crippen LogP contribution in [0.15, 0.2) is 42.5 Å². The van der Waals surface area contributed by atoms with E-state index in [1.54, 1.807) is 48.3 Å². The van der Waals surface area contributed by atoms with Gasteiger partial charge in [-0.1, -0.05) is 41.4 Å². The second kappa shape index (κ2) is 11.7. The average molecular weight is 529 g/mol. The third-order valence-corrected chi connectivity index (χ3v) is 8.04. The lowest BCUT2D eigenvalue weighted by atomic mass is 10.0. The quantitative estimate of drug-likeness (QED) is 0.488. The molecule has 2 aromatic rings. The van der Waals surface area contributed by atoms with Gasteiger partial charge in [0.25, 0.3) is 0 Å². The lowest BCUT2D eigenvalue weighted by Crippen LogP contribution is -2.39. The number of likely N-dealkylation sites (tertiary alicyclic amines) is 1. The van der Waals surface area contributed by atoms with Gasteiger partial charge in [-0.2, -0.15) is 0 Å². The zero-order chi connectivity index (χ0) is 24.9. The number of halogens is 2. The van der Waals surface area contributed by atoms with Crippen molar-refractivity contribution in [2.24, 2.45) is 0 Å². The Morgan fingerprint density at radius 2 is 1.85 bits per heavy atom. The minimum atomic E-state index is -3.70. The van der Waals surface area contributed by atoms with Crippen LogP contribution in [0.5, 0.6) is 0 Å². The van der Waals surface area contributed by atoms with Crippen molar-refractivity contribution in [1.82, 2.24) is 9.80 Å². The van der Waals surface area contributed by atoms with E-state index in [2.05, 4.69) is 9.62 Å². The van der Waals surface area contributed by atoms with Gasteiger partial charge in [0.05, 0.1) is 34.4 Å². The Balaban J connectivity index is 1.83. The minimum Gasteiger partial charge on any atom is -0.392 e. The molecule has 0 radical (unpaired) electrons. The Morgan fingerprint density at radius 3 is 2.50 bits per heavy atom. The number of aliphatic hydroxyl groups is 1. The summed E-state index contributed by atoms with van der Waals surface area (Å²) in [6, 6.07) is 12.0. The zero-order valence-electron chi connectivity index (χ0n) is 19.4. The molecule has 1 saturated heterocycles. The largest absolute Gasteiger partial charge is 0.392 e. The molecule has 34 heavy (non-hydrogen) atoms. The predicted molar refractivity (Wildman–Crippen MR) is 137 cm³/mol. The van der Waals surface area contributed by atoms with E-state index in [4.69, 9.17) is 23.2 Å². The van der Waals surface area contributed by atoms with Crippen LogP contribution >= 0.6 is 23.2 Å². The van der Waals surface area contributed by atoms with E-state index < -0.39 is 21.9 Å². The molecule has 0 bridgehead atoms. The van der Waals surface area contributed by atoms with Crippen LogP contribution in [-0.2, 0) is 21.2 Å². The SMILES string of the molecule is CC(O)CS(=O)(=O)Nc1cccc(C(CN2CCCC2)N(C)C(=O)Cc2ccc(Cl)c(Cl)c2)c1. The van der Waals surface area contributed by atoms with E-state index in [1.807, 2.05) is 6.07 Å². The van der Waals surface area contributed by atoms with Gasteiger partial charge in [-0.05, 0) is 68.2 Å². The maximum absolute atomic E-state index is 13.2. The van der Waals surface area contributed by atoms with Gasteiger partial charge in [-0.3, -0.25) is 9.52 Å². The molecule has 0 spiro atoms. The Labute approximate surface area is 211 Å². The number of amides is 1. The molecule has 1 aliphatic heterocycles. The van der Waals surface area contributed by atoms with Crippen molar-refractivity contribution < 1.29 is 18.3 Å². The number of nitrogens with one attached hydrogen (secondary N) is 1. The third kappa shape index (κ3) is 7.58. The Morgan fingerprint density at radius 1 is 1.15 bits per heavy atom. The summed E-state index contributed by atoms with van der Waals surface area (Å²) in [5, 5.41) is 10.3. The molecule has 10 heteroatoms. The van der Waals surface area contributed by atoms with Crippen molar-refractivity contribution >= 4 is 44.8 Å². The van der Waals surface area contributed by atoms with Crippen molar-refractivity contribution in [3.05, 3.63) is 63.6 Å². The Bertz CT molecular complexity index is 1110. The Hall–Kier alpha value is -1.84. The fourth-order valence-corrected chi connectivity index (χ4v) is 5.66. The number of carbonyl (C=O) groups excluding carboxylic acids is 1. The Kier molecular flexibility index (Phi) is 9.23. The van der Waals surface area contributed by atoms with E-state index in [9.17, 15) is 18.3 Å². The molecular formula is C24H31Cl2N3O4S. The number of hydrogen-bond donors (Lipinski definition) is 2. The van der Waals surface area contributed by atoms with E-state index in [0.29, 0.717) is 22.3 Å². The monoisotopic (exact) mass is 527 g/mol. The number of benzene rings is 2. The first-order valence-corrected chi connectivity index (χ1v) is 13.7. The average Bonchev–Trinajstić information content (AvgIpc) is 3.26. The summed E-state index contributed by atoms with van der Waals surface area (Å²) in [6.45, 7) is 4.00. The van der Waals surface area contributed by atoms with Crippen LogP contribution in [0.1, 0.15) is 36.9 Å². The fraction of sp³-hybridized carbons (Fsp3) is 0.458. The molecule has 2 aromatic carbocycles. The lowest BCUT2D eigenvalue weighted by Gasteiger charge is -2.32. The molecular weight excluding hydrogens is 497 g/mol. The maximum atomic E-state index is 13.2. The fourth-order valence-electron chi connectivity index (χ4n) is 4.13. The number of rotatable bonds is 10. The highest BCUT2D eigenvalue weighted by atomic mass is 35.5. The molecule has 1 heterocycles. The molecule has 2 unspecified atom stereocenters. The lowest BCUT2D eigenvalue weighted by molar-refractivity contribution is -0.131. The standard InChI is InChI=1S/C24H31Cl2N3O4S/c1-17(30)16-34(32,33)27-20-7-5-6-19(14-20)23(15-29-10-3-4-11-29)28(2)24(31)13-18-8-9-21(25)22(26)12-18/h5-9,12,14,17,23,27,30H,3-4,10-11,13,15-16H2,1-2H3. The van der Waals surface area contributed by atoms with Gasteiger partial charge in [0.2, 0.25) is 15.9 Å². The number of aliphatic hydroxyl groups excluding tert-OH is 1. The van der Waals surface area contributed by atoms with Crippen LogP contribution in [0.3, 0.4) is 0 Å². The molecule has 0 aromatic heterocycles. The van der Waals surface area contributed by atoms with Crippen molar-refractivity contribution in [2.45, 2.75) is 38.3 Å². The predicted octanol–water partition coefficient (Wildman–Crippen LogP) is 3.95. The molecule has 186 valence electrons. The smallest absolute Gasteiger partial charge is 0.235 e. The summed E-state index contributed by atoms with van der Waals surface area (Å²) in [5.41, 5.74) is 2.00. The maximum Gasteiger partial charge on any atom is 0.235 e. The normalized spacial score (nSPS) is 16.3. The van der Waals surface area contributed by atoms with Crippen LogP contribution < -0.4 is 4.72 Å². The van der Waals surface area contributed by atoms with Crippen molar-refractivity contribution in [1.29, 1.82) is 0 Å². The van der Waals surface area contributed by atoms with Gasteiger partial charge < -0.3 is 14.9 Å². The van der Waals surface area contributed by atoms with Crippen molar-refractivity contribution in [3.8, 4) is 0 Å². The highest BCUT2D eigenvalue weighted by Gasteiger charge is 2.26. The third-order valence-electron chi connectivity index (χ3n) is 5.84. The summed E-state index contributed by atoms with van der Waals surface area (Å²) in [5.74, 6) is -0.473. The molecule has 3 rings (SSSR count). The zero-order valence-corrected chi connectivity index (χ0v) is 21.7. The van der Waals surface area contributed by atoms with Crippen molar-refractivity contribution in [3.63, 3.8) is 0 Å². The van der Waals surface area contributed by atoms with Crippen molar-refractivity contribution in [2.75, 3.05) is 37.2 Å². The first-order chi connectivity index (χ1) is 16.0. The van der Waals surface area contributed by atoms with Gasteiger partial charge in [0.1, 0.15) is 0 Å². The van der Waals surface area contributed by atoms with Crippen LogP contribution in [0.2, 0.25) is 10.0 Å². The number of anilines is 1. The summed E-state index contributed by atoms with van der Waals surface area (Å²) in [6.07, 6.45) is 1.43. The van der Waals surface area contributed by atoms with Crippen LogP contribution in [-0.4, -0.2) is 67.8 Å². The van der Waals surface area contributed by atoms with Gasteiger partial charge in [0, 0.05) is 19.3 Å². The molecule has 2 N–H and O–H groups in total. The summed E-state index contributed by atoms with van der Waals surface area (Å²) in [4.78, 5) is 17.3. The minimum absolute atomic E-state index is 0.0809. The molecule has 2 atom stereocenters. The number of carbonyl (C=O) groups is 1.